The summed E-state index contributed by atoms with van der Waals surface area (Å²) in [6, 6.07) is 18.2. The number of rotatable bonds is 6. The molecule has 2 aromatic heterocycles. The lowest BCUT2D eigenvalue weighted by molar-refractivity contribution is 0.305. The fourth-order valence-corrected chi connectivity index (χ4v) is 3.06. The molecule has 28 heavy (non-hydrogen) atoms. The van der Waals surface area contributed by atoms with E-state index >= 15 is 0 Å². The van der Waals surface area contributed by atoms with Crippen LogP contribution in [0, 0.1) is 0 Å². The topological polar surface area (TPSA) is 49.2 Å². The average molecular weight is 373 g/mol. The van der Waals surface area contributed by atoms with Crippen LogP contribution in [-0.2, 0) is 6.61 Å². The summed E-state index contributed by atoms with van der Waals surface area (Å²) in [6.07, 6.45) is 3.51. The first-order chi connectivity index (χ1) is 13.6. The van der Waals surface area contributed by atoms with Crippen molar-refractivity contribution in [2.75, 3.05) is 7.11 Å². The lowest BCUT2D eigenvalue weighted by Crippen LogP contribution is -1.98. The number of methoxy groups -OCH3 is 1. The van der Waals surface area contributed by atoms with E-state index in [2.05, 4.69) is 48.1 Å². The number of benzene rings is 2. The first kappa shape index (κ1) is 18.0. The largest absolute Gasteiger partial charge is 0.497 e. The molecule has 142 valence electrons. The van der Waals surface area contributed by atoms with Gasteiger partial charge in [-0.15, -0.1) is 0 Å². The number of nitrogens with zero attached hydrogens (tertiary/aromatic N) is 3. The van der Waals surface area contributed by atoms with Crippen LogP contribution in [0.3, 0.4) is 0 Å². The zero-order valence-electron chi connectivity index (χ0n) is 16.3. The van der Waals surface area contributed by atoms with Crippen LogP contribution in [0.2, 0.25) is 0 Å². The van der Waals surface area contributed by atoms with Crippen molar-refractivity contribution in [3.05, 3.63) is 78.2 Å². The number of imidazole rings is 1. The molecule has 0 atom stereocenters. The van der Waals surface area contributed by atoms with Crippen LogP contribution in [0.25, 0.3) is 16.9 Å². The van der Waals surface area contributed by atoms with E-state index in [0.29, 0.717) is 18.3 Å². The maximum atomic E-state index is 5.92. The van der Waals surface area contributed by atoms with Gasteiger partial charge >= 0.3 is 0 Å². The maximum Gasteiger partial charge on any atom is 0.164 e. The molecule has 0 fully saturated rings. The Bertz CT molecular complexity index is 1070. The second-order valence-electron chi connectivity index (χ2n) is 7.01. The highest BCUT2D eigenvalue weighted by Crippen LogP contribution is 2.23. The number of hydrogen-bond donors (Lipinski definition) is 0. The molecular weight excluding hydrogens is 350 g/mol. The molecule has 0 saturated carbocycles. The van der Waals surface area contributed by atoms with E-state index in [4.69, 9.17) is 9.47 Å². The Kier molecular flexibility index (Phi) is 4.98. The van der Waals surface area contributed by atoms with E-state index in [-0.39, 0.29) is 0 Å². The molecule has 0 aliphatic carbocycles. The van der Waals surface area contributed by atoms with Crippen LogP contribution in [0.1, 0.15) is 30.9 Å². The molecule has 0 aliphatic heterocycles. The zero-order chi connectivity index (χ0) is 19.5. The Morgan fingerprint density at radius 3 is 2.36 bits per heavy atom. The molecule has 0 unspecified atom stereocenters. The van der Waals surface area contributed by atoms with Gasteiger partial charge < -0.3 is 9.47 Å². The number of ether oxygens (including phenoxy) is 2. The molecule has 0 amide bonds. The van der Waals surface area contributed by atoms with Crippen LogP contribution < -0.4 is 9.47 Å². The first-order valence-corrected chi connectivity index (χ1v) is 9.33. The molecule has 0 N–H and O–H groups in total. The second-order valence-corrected chi connectivity index (χ2v) is 7.01. The van der Waals surface area contributed by atoms with Gasteiger partial charge in [0.05, 0.1) is 13.3 Å². The summed E-state index contributed by atoms with van der Waals surface area (Å²) in [4.78, 5) is 9.03. The van der Waals surface area contributed by atoms with E-state index in [1.54, 1.807) is 19.6 Å². The third-order valence-electron chi connectivity index (χ3n) is 4.77. The molecule has 2 aromatic carbocycles. The van der Waals surface area contributed by atoms with Crippen molar-refractivity contribution >= 4 is 11.2 Å². The SMILES string of the molecule is COc1ccc(-n2cnc3cc(OCc4ccc(C(C)C)cc4)cnc32)cc1. The lowest BCUT2D eigenvalue weighted by atomic mass is 10.0. The highest BCUT2D eigenvalue weighted by Gasteiger charge is 2.08. The molecular formula is C23H23N3O2. The maximum absolute atomic E-state index is 5.92. The van der Waals surface area contributed by atoms with Gasteiger partial charge in [0.2, 0.25) is 0 Å². The number of hydrogen-bond acceptors (Lipinski definition) is 4. The molecule has 4 rings (SSSR count). The monoisotopic (exact) mass is 373 g/mol. The van der Waals surface area contributed by atoms with Crippen LogP contribution in [-0.4, -0.2) is 21.6 Å². The van der Waals surface area contributed by atoms with Crippen molar-refractivity contribution in [1.82, 2.24) is 14.5 Å². The minimum absolute atomic E-state index is 0.505. The number of aromatic nitrogens is 3. The molecule has 0 spiro atoms. The summed E-state index contributed by atoms with van der Waals surface area (Å²) in [7, 11) is 1.66. The summed E-state index contributed by atoms with van der Waals surface area (Å²) in [5.74, 6) is 2.06. The van der Waals surface area contributed by atoms with Crippen molar-refractivity contribution in [1.29, 1.82) is 0 Å². The Morgan fingerprint density at radius 2 is 1.68 bits per heavy atom. The van der Waals surface area contributed by atoms with Gasteiger partial charge in [-0.05, 0) is 41.3 Å². The highest BCUT2D eigenvalue weighted by molar-refractivity contribution is 5.74. The van der Waals surface area contributed by atoms with Crippen LogP contribution in [0.15, 0.2) is 67.1 Å². The first-order valence-electron chi connectivity index (χ1n) is 9.33. The van der Waals surface area contributed by atoms with Gasteiger partial charge in [0.25, 0.3) is 0 Å². The quantitative estimate of drug-likeness (QED) is 0.470. The summed E-state index contributed by atoms with van der Waals surface area (Å²) < 4.78 is 13.1. The summed E-state index contributed by atoms with van der Waals surface area (Å²) >= 11 is 0. The smallest absolute Gasteiger partial charge is 0.164 e. The van der Waals surface area contributed by atoms with Crippen molar-refractivity contribution in [2.45, 2.75) is 26.4 Å². The van der Waals surface area contributed by atoms with Gasteiger partial charge in [-0.2, -0.15) is 0 Å². The number of fused-ring (bicyclic) bond motifs is 1. The van der Waals surface area contributed by atoms with Crippen molar-refractivity contribution in [3.63, 3.8) is 0 Å². The van der Waals surface area contributed by atoms with E-state index < -0.39 is 0 Å². The predicted molar refractivity (Wildman–Crippen MR) is 110 cm³/mol. The summed E-state index contributed by atoms with van der Waals surface area (Å²) in [6.45, 7) is 4.89. The lowest BCUT2D eigenvalue weighted by Gasteiger charge is -2.09. The molecule has 5 heteroatoms. The van der Waals surface area contributed by atoms with Gasteiger partial charge in [-0.3, -0.25) is 4.57 Å². The highest BCUT2D eigenvalue weighted by atomic mass is 16.5. The second kappa shape index (κ2) is 7.72. The third-order valence-corrected chi connectivity index (χ3v) is 4.77. The van der Waals surface area contributed by atoms with Crippen LogP contribution in [0.5, 0.6) is 11.5 Å². The Morgan fingerprint density at radius 1 is 0.929 bits per heavy atom. The minimum Gasteiger partial charge on any atom is -0.497 e. The fourth-order valence-electron chi connectivity index (χ4n) is 3.06. The Labute approximate surface area is 164 Å². The van der Waals surface area contributed by atoms with E-state index in [0.717, 1.165) is 28.2 Å². The van der Waals surface area contributed by atoms with Crippen LogP contribution >= 0.6 is 0 Å². The van der Waals surface area contributed by atoms with Crippen molar-refractivity contribution in [3.8, 4) is 17.2 Å². The molecule has 4 aromatic rings. The van der Waals surface area contributed by atoms with E-state index in [9.17, 15) is 0 Å². The molecule has 0 bridgehead atoms. The van der Waals surface area contributed by atoms with Gasteiger partial charge in [0.15, 0.2) is 5.65 Å². The molecule has 0 radical (unpaired) electrons. The van der Waals surface area contributed by atoms with E-state index in [1.165, 1.54) is 5.56 Å². The average Bonchev–Trinajstić information content (AvgIpc) is 3.16. The number of pyridine rings is 1. The molecule has 0 aliphatic rings. The Hall–Kier alpha value is -3.34. The summed E-state index contributed by atoms with van der Waals surface area (Å²) in [5.41, 5.74) is 5.03. The third kappa shape index (κ3) is 3.69. The fraction of sp³-hybridized carbons (Fsp3) is 0.217. The minimum atomic E-state index is 0.505. The van der Waals surface area contributed by atoms with E-state index in [1.807, 2.05) is 34.9 Å². The zero-order valence-corrected chi connectivity index (χ0v) is 16.3. The molecule has 5 nitrogen and oxygen atoms in total. The van der Waals surface area contributed by atoms with Gasteiger partial charge in [0, 0.05) is 11.8 Å². The van der Waals surface area contributed by atoms with Gasteiger partial charge in [-0.1, -0.05) is 38.1 Å². The van der Waals surface area contributed by atoms with Crippen molar-refractivity contribution in [2.24, 2.45) is 0 Å². The summed E-state index contributed by atoms with van der Waals surface area (Å²) in [5, 5.41) is 0. The van der Waals surface area contributed by atoms with Crippen molar-refractivity contribution < 1.29 is 9.47 Å². The van der Waals surface area contributed by atoms with Gasteiger partial charge in [0.1, 0.15) is 29.9 Å². The predicted octanol–water partition coefficient (Wildman–Crippen LogP) is 5.13. The molecule has 0 saturated heterocycles. The Balaban J connectivity index is 1.50. The van der Waals surface area contributed by atoms with Gasteiger partial charge in [-0.25, -0.2) is 9.97 Å². The molecule has 2 heterocycles. The normalized spacial score (nSPS) is 11.1. The standard InChI is InChI=1S/C23H23N3O2/c1-16(2)18-6-4-17(5-7-18)14-28-21-12-22-23(24-13-21)26(15-25-22)19-8-10-20(27-3)11-9-19/h4-13,15-16H,14H2,1-3H3. The van der Waals surface area contributed by atoms with Crippen LogP contribution in [0.4, 0.5) is 0 Å².